The van der Waals surface area contributed by atoms with Crippen molar-refractivity contribution in [1.82, 2.24) is 10.6 Å². The van der Waals surface area contributed by atoms with Crippen LogP contribution in [0.5, 0.6) is 0 Å². The lowest BCUT2D eigenvalue weighted by Gasteiger charge is -2.08. The van der Waals surface area contributed by atoms with Gasteiger partial charge in [-0.05, 0) is 43.3 Å². The molecule has 142 valence electrons. The van der Waals surface area contributed by atoms with Gasteiger partial charge in [0.1, 0.15) is 6.61 Å². The molecule has 3 N–H and O–H groups in total. The predicted molar refractivity (Wildman–Crippen MR) is 103 cm³/mol. The van der Waals surface area contributed by atoms with Gasteiger partial charge in [-0.25, -0.2) is 0 Å². The normalized spacial score (nSPS) is 10.1. The first-order valence-corrected chi connectivity index (χ1v) is 8.51. The van der Waals surface area contributed by atoms with Gasteiger partial charge in [-0.15, -0.1) is 0 Å². The third kappa shape index (κ3) is 6.56. The number of aryl methyl sites for hydroxylation is 1. The lowest BCUT2D eigenvalue weighted by Crippen LogP contribution is -2.36. The highest BCUT2D eigenvalue weighted by molar-refractivity contribution is 6.04. The predicted octanol–water partition coefficient (Wildman–Crippen LogP) is 1.74. The molecule has 0 bridgehead atoms. The van der Waals surface area contributed by atoms with Crippen molar-refractivity contribution in [3.8, 4) is 0 Å². The molecule has 0 heterocycles. The number of rotatable bonds is 8. The van der Waals surface area contributed by atoms with E-state index in [0.29, 0.717) is 29.9 Å². The molecule has 0 saturated heterocycles. The summed E-state index contributed by atoms with van der Waals surface area (Å²) in [6.45, 7) is 2.57. The summed E-state index contributed by atoms with van der Waals surface area (Å²) >= 11 is 0. The molecule has 0 unspecified atom stereocenters. The van der Waals surface area contributed by atoms with Crippen LogP contribution in [0.25, 0.3) is 0 Å². The van der Waals surface area contributed by atoms with Gasteiger partial charge in [-0.3, -0.25) is 14.4 Å². The quantitative estimate of drug-likeness (QED) is 0.618. The summed E-state index contributed by atoms with van der Waals surface area (Å²) in [5, 5.41) is 8.11. The molecule has 0 fully saturated rings. The first-order chi connectivity index (χ1) is 13.0. The lowest BCUT2D eigenvalue weighted by molar-refractivity contribution is -0.124. The van der Waals surface area contributed by atoms with Gasteiger partial charge in [0, 0.05) is 37.0 Å². The van der Waals surface area contributed by atoms with E-state index in [1.165, 1.54) is 7.11 Å². The van der Waals surface area contributed by atoms with Crippen LogP contribution in [0.1, 0.15) is 26.3 Å². The van der Waals surface area contributed by atoms with E-state index in [9.17, 15) is 14.4 Å². The van der Waals surface area contributed by atoms with Crippen LogP contribution in [0.15, 0.2) is 48.5 Å². The standard InChI is InChI=1S/C20H23N3O4/c1-14-3-5-16(6-4-14)20(26)23-17-9-7-15(8-10-17)19(25)22-12-11-21-18(24)13-27-2/h3-10H,11-13H2,1-2H3,(H,21,24)(H,22,25)(H,23,26). The fourth-order valence-corrected chi connectivity index (χ4v) is 2.28. The van der Waals surface area contributed by atoms with Gasteiger partial charge in [-0.2, -0.15) is 0 Å². The lowest BCUT2D eigenvalue weighted by atomic mass is 10.1. The Morgan fingerprint density at radius 1 is 0.815 bits per heavy atom. The molecule has 0 saturated carbocycles. The van der Waals surface area contributed by atoms with Crippen LogP contribution in [-0.2, 0) is 9.53 Å². The number of methoxy groups -OCH3 is 1. The molecule has 27 heavy (non-hydrogen) atoms. The summed E-state index contributed by atoms with van der Waals surface area (Å²) in [6, 6.07) is 13.9. The maximum absolute atomic E-state index is 12.2. The van der Waals surface area contributed by atoms with Crippen molar-refractivity contribution in [1.29, 1.82) is 0 Å². The Morgan fingerprint density at radius 2 is 1.37 bits per heavy atom. The van der Waals surface area contributed by atoms with Crippen molar-refractivity contribution in [3.63, 3.8) is 0 Å². The van der Waals surface area contributed by atoms with Gasteiger partial charge >= 0.3 is 0 Å². The van der Waals surface area contributed by atoms with Crippen molar-refractivity contribution in [2.24, 2.45) is 0 Å². The Balaban J connectivity index is 1.81. The molecule has 0 atom stereocenters. The number of amides is 3. The summed E-state index contributed by atoms with van der Waals surface area (Å²) in [7, 11) is 1.44. The van der Waals surface area contributed by atoms with Crippen molar-refractivity contribution < 1.29 is 19.1 Å². The summed E-state index contributed by atoms with van der Waals surface area (Å²) in [5.74, 6) is -0.702. The van der Waals surface area contributed by atoms with Crippen molar-refractivity contribution in [2.75, 3.05) is 32.1 Å². The van der Waals surface area contributed by atoms with Gasteiger partial charge in [0.25, 0.3) is 11.8 Å². The maximum atomic E-state index is 12.2. The van der Waals surface area contributed by atoms with E-state index in [4.69, 9.17) is 4.74 Å². The average Bonchev–Trinajstić information content (AvgIpc) is 2.66. The molecule has 0 aliphatic heterocycles. The molecule has 2 rings (SSSR count). The van der Waals surface area contributed by atoms with Gasteiger partial charge in [-0.1, -0.05) is 17.7 Å². The summed E-state index contributed by atoms with van der Waals surface area (Å²) in [4.78, 5) is 35.5. The molecule has 3 amide bonds. The molecular weight excluding hydrogens is 346 g/mol. The minimum atomic E-state index is -0.257. The highest BCUT2D eigenvalue weighted by Gasteiger charge is 2.08. The molecule has 2 aromatic rings. The van der Waals surface area contributed by atoms with Crippen molar-refractivity contribution >= 4 is 23.4 Å². The van der Waals surface area contributed by atoms with E-state index in [0.717, 1.165) is 5.56 Å². The molecule has 0 aromatic heterocycles. The Morgan fingerprint density at radius 3 is 2.00 bits per heavy atom. The maximum Gasteiger partial charge on any atom is 0.255 e. The number of carbonyl (C=O) groups is 3. The zero-order chi connectivity index (χ0) is 19.6. The molecule has 2 aromatic carbocycles. The Hall–Kier alpha value is -3.19. The number of hydrogen-bond acceptors (Lipinski definition) is 4. The van der Waals surface area contributed by atoms with Crippen LogP contribution >= 0.6 is 0 Å². The van der Waals surface area contributed by atoms with Crippen molar-refractivity contribution in [3.05, 3.63) is 65.2 Å². The highest BCUT2D eigenvalue weighted by Crippen LogP contribution is 2.12. The minimum Gasteiger partial charge on any atom is -0.375 e. The molecule has 0 aliphatic carbocycles. The topological polar surface area (TPSA) is 96.5 Å². The summed E-state index contributed by atoms with van der Waals surface area (Å²) < 4.78 is 4.69. The van der Waals surface area contributed by atoms with Crippen LogP contribution in [0.2, 0.25) is 0 Å². The van der Waals surface area contributed by atoms with E-state index in [-0.39, 0.29) is 24.3 Å². The number of benzene rings is 2. The zero-order valence-electron chi connectivity index (χ0n) is 15.4. The summed E-state index contributed by atoms with van der Waals surface area (Å²) in [6.07, 6.45) is 0. The fourth-order valence-electron chi connectivity index (χ4n) is 2.28. The third-order valence-electron chi connectivity index (χ3n) is 3.73. The average molecular weight is 369 g/mol. The van der Waals surface area contributed by atoms with Gasteiger partial charge < -0.3 is 20.7 Å². The molecule has 7 heteroatoms. The number of carbonyl (C=O) groups excluding carboxylic acids is 3. The second kappa shape index (κ2) is 10.1. The Bertz CT molecular complexity index is 786. The van der Waals surface area contributed by atoms with E-state index < -0.39 is 0 Å². The number of nitrogens with one attached hydrogen (secondary N) is 3. The fraction of sp³-hybridized carbons (Fsp3) is 0.250. The summed E-state index contributed by atoms with van der Waals surface area (Å²) in [5.41, 5.74) is 2.72. The molecular formula is C20H23N3O4. The van der Waals surface area contributed by atoms with Gasteiger partial charge in [0.2, 0.25) is 5.91 Å². The van der Waals surface area contributed by atoms with Gasteiger partial charge in [0.05, 0.1) is 0 Å². The van der Waals surface area contributed by atoms with Crippen LogP contribution in [0.4, 0.5) is 5.69 Å². The Labute approximate surface area is 158 Å². The molecule has 0 radical (unpaired) electrons. The monoisotopic (exact) mass is 369 g/mol. The molecule has 0 aliphatic rings. The number of ether oxygens (including phenoxy) is 1. The number of hydrogen-bond donors (Lipinski definition) is 3. The second-order valence-electron chi connectivity index (χ2n) is 5.94. The van der Waals surface area contributed by atoms with E-state index >= 15 is 0 Å². The first kappa shape index (κ1) is 20.1. The number of anilines is 1. The van der Waals surface area contributed by atoms with E-state index in [1.54, 1.807) is 36.4 Å². The zero-order valence-corrected chi connectivity index (χ0v) is 15.4. The third-order valence-corrected chi connectivity index (χ3v) is 3.73. The molecule has 0 spiro atoms. The van der Waals surface area contributed by atoms with E-state index in [2.05, 4.69) is 16.0 Å². The second-order valence-corrected chi connectivity index (χ2v) is 5.94. The Kier molecular flexibility index (Phi) is 7.51. The van der Waals surface area contributed by atoms with Crippen LogP contribution in [0.3, 0.4) is 0 Å². The van der Waals surface area contributed by atoms with Crippen molar-refractivity contribution in [2.45, 2.75) is 6.92 Å². The molecule has 7 nitrogen and oxygen atoms in total. The highest BCUT2D eigenvalue weighted by atomic mass is 16.5. The van der Waals surface area contributed by atoms with Crippen LogP contribution < -0.4 is 16.0 Å². The van der Waals surface area contributed by atoms with E-state index in [1.807, 2.05) is 19.1 Å². The smallest absolute Gasteiger partial charge is 0.255 e. The first-order valence-electron chi connectivity index (χ1n) is 8.51. The SMILES string of the molecule is COCC(=O)NCCNC(=O)c1ccc(NC(=O)c2ccc(C)cc2)cc1. The minimum absolute atomic E-state index is 0.0102. The largest absolute Gasteiger partial charge is 0.375 e. The van der Waals surface area contributed by atoms with Crippen LogP contribution in [-0.4, -0.2) is 44.5 Å². The van der Waals surface area contributed by atoms with Crippen LogP contribution in [0, 0.1) is 6.92 Å². The van der Waals surface area contributed by atoms with Gasteiger partial charge in [0.15, 0.2) is 0 Å².